The molecule has 3 heterocycles. The van der Waals surface area contributed by atoms with Gasteiger partial charge in [0.2, 0.25) is 0 Å². The van der Waals surface area contributed by atoms with Crippen LogP contribution in [0.4, 0.5) is 17.1 Å². The summed E-state index contributed by atoms with van der Waals surface area (Å²) in [7, 11) is 6.25. The number of fused-ring (bicyclic) bond motifs is 7. The minimum Gasteiger partial charge on any atom is -0.485 e. The van der Waals surface area contributed by atoms with Gasteiger partial charge in [-0.3, -0.25) is 4.79 Å². The number of hydrazone groups is 1. The minimum absolute atomic E-state index is 0.0588. The fraction of sp³-hybridized carbons (Fsp3) is 0.333. The van der Waals surface area contributed by atoms with Crippen LogP contribution in [0.5, 0.6) is 5.75 Å². The fourth-order valence-electron chi connectivity index (χ4n) is 9.67. The molecule has 4 aromatic rings. The van der Waals surface area contributed by atoms with Gasteiger partial charge in [0.05, 0.1) is 0 Å². The Bertz CT molecular complexity index is 2230. The molecule has 282 valence electrons. The summed E-state index contributed by atoms with van der Waals surface area (Å²) in [5.41, 5.74) is 10.1. The normalized spacial score (nSPS) is 23.7. The molecule has 4 aliphatic rings. The Labute approximate surface area is 326 Å². The first-order valence-electron chi connectivity index (χ1n) is 19.8. The van der Waals surface area contributed by atoms with Crippen LogP contribution in [0.25, 0.3) is 6.08 Å². The molecule has 1 fully saturated rings. The first-order chi connectivity index (χ1) is 26.6. The first kappa shape index (κ1) is 36.4. The molecule has 0 radical (unpaired) electrons. The number of amides is 1. The quantitative estimate of drug-likeness (QED) is 0.169. The van der Waals surface area contributed by atoms with Gasteiger partial charge in [0, 0.05) is 91.7 Å². The second-order valence-corrected chi connectivity index (χ2v) is 15.9. The second-order valence-electron chi connectivity index (χ2n) is 15.9. The number of carbonyl (C=O) groups excluding carboxylic acids is 1. The molecule has 0 N–H and O–H groups in total. The molecule has 3 atom stereocenters. The zero-order chi connectivity index (χ0) is 38.5. The van der Waals surface area contributed by atoms with Gasteiger partial charge in [0.25, 0.3) is 5.91 Å². The Morgan fingerprint density at radius 1 is 0.873 bits per heavy atom. The van der Waals surface area contributed by atoms with Crippen molar-refractivity contribution in [2.45, 2.75) is 64.0 Å². The topological polar surface area (TPSA) is 51.6 Å². The van der Waals surface area contributed by atoms with E-state index in [1.807, 2.05) is 38.4 Å². The molecule has 55 heavy (non-hydrogen) atoms. The highest BCUT2D eigenvalue weighted by Gasteiger charge is 2.62. The molecular weight excluding hydrogens is 679 g/mol. The average molecular weight is 732 g/mol. The van der Waals surface area contributed by atoms with E-state index in [9.17, 15) is 4.79 Å². The van der Waals surface area contributed by atoms with E-state index >= 15 is 0 Å². The third-order valence-corrected chi connectivity index (χ3v) is 12.5. The molecule has 1 spiro atoms. The number of anilines is 3. The zero-order valence-electron chi connectivity index (χ0n) is 33.3. The molecule has 8 rings (SSSR count). The number of carbonyl (C=O) groups is 1. The van der Waals surface area contributed by atoms with E-state index in [4.69, 9.17) is 9.84 Å². The number of rotatable bonds is 8. The average Bonchev–Trinajstić information content (AvgIpc) is 3.55. The number of hydrogen-bond acceptors (Lipinski definition) is 6. The highest BCUT2D eigenvalue weighted by molar-refractivity contribution is 6.01. The largest absolute Gasteiger partial charge is 0.485 e. The predicted octanol–water partition coefficient (Wildman–Crippen LogP) is 9.80. The summed E-state index contributed by atoms with van der Waals surface area (Å²) in [5.74, 6) is 0.676. The molecule has 7 nitrogen and oxygen atoms in total. The summed E-state index contributed by atoms with van der Waals surface area (Å²) in [6.45, 7) is 10.8. The Hall–Kier alpha value is -5.56. The van der Waals surface area contributed by atoms with Gasteiger partial charge in [0.1, 0.15) is 17.4 Å². The number of benzene rings is 4. The number of allylic oxidation sites excluding steroid dienone is 4. The van der Waals surface area contributed by atoms with Gasteiger partial charge < -0.3 is 19.4 Å². The lowest BCUT2D eigenvalue weighted by atomic mass is 9.63. The molecule has 7 heteroatoms. The van der Waals surface area contributed by atoms with Crippen LogP contribution in [0.2, 0.25) is 0 Å². The van der Waals surface area contributed by atoms with Crippen LogP contribution in [0.1, 0.15) is 79.6 Å². The molecule has 1 saturated carbocycles. The summed E-state index contributed by atoms with van der Waals surface area (Å²) in [6.07, 6.45) is 13.0. The van der Waals surface area contributed by atoms with Gasteiger partial charge in [0.15, 0.2) is 0 Å². The Morgan fingerprint density at radius 2 is 1.58 bits per heavy atom. The summed E-state index contributed by atoms with van der Waals surface area (Å²) in [4.78, 5) is 21.5. The summed E-state index contributed by atoms with van der Waals surface area (Å²) in [6, 6.07) is 31.8. The zero-order valence-corrected chi connectivity index (χ0v) is 33.3. The lowest BCUT2D eigenvalue weighted by Gasteiger charge is -2.52. The van der Waals surface area contributed by atoms with Gasteiger partial charge in [-0.1, -0.05) is 80.6 Å². The maximum absolute atomic E-state index is 14.7. The lowest BCUT2D eigenvalue weighted by molar-refractivity contribution is -0.00770. The van der Waals surface area contributed by atoms with E-state index in [1.165, 1.54) is 22.5 Å². The van der Waals surface area contributed by atoms with Crippen molar-refractivity contribution < 1.29 is 9.53 Å². The Balaban J connectivity index is 1.26. The van der Waals surface area contributed by atoms with Crippen LogP contribution in [0.15, 0.2) is 126 Å². The number of hydrogen-bond donors (Lipinski definition) is 0. The van der Waals surface area contributed by atoms with Crippen LogP contribution in [0, 0.1) is 5.92 Å². The molecule has 1 aliphatic carbocycles. The lowest BCUT2D eigenvalue weighted by Crippen LogP contribution is -2.57. The second kappa shape index (κ2) is 14.3. The van der Waals surface area contributed by atoms with Crippen molar-refractivity contribution in [1.29, 1.82) is 0 Å². The molecule has 0 bridgehead atoms. The summed E-state index contributed by atoms with van der Waals surface area (Å²) < 4.78 is 7.23. The molecule has 1 amide bonds. The van der Waals surface area contributed by atoms with Gasteiger partial charge >= 0.3 is 0 Å². The highest BCUT2D eigenvalue weighted by atomic mass is 16.5. The number of ether oxygens (including phenoxy) is 1. The molecule has 0 aromatic heterocycles. The van der Waals surface area contributed by atoms with E-state index in [-0.39, 0.29) is 23.3 Å². The smallest absolute Gasteiger partial charge is 0.275 e. The number of para-hydroxylation sites is 1. The van der Waals surface area contributed by atoms with E-state index in [0.29, 0.717) is 5.56 Å². The molecule has 3 aliphatic heterocycles. The monoisotopic (exact) mass is 731 g/mol. The van der Waals surface area contributed by atoms with Crippen molar-refractivity contribution in [3.05, 3.63) is 148 Å². The maximum atomic E-state index is 14.7. The van der Waals surface area contributed by atoms with Crippen molar-refractivity contribution in [1.82, 2.24) is 5.01 Å². The van der Waals surface area contributed by atoms with Crippen LogP contribution in [-0.2, 0) is 11.0 Å². The maximum Gasteiger partial charge on any atom is 0.275 e. The van der Waals surface area contributed by atoms with Crippen molar-refractivity contribution in [3.63, 3.8) is 0 Å². The van der Waals surface area contributed by atoms with Crippen molar-refractivity contribution in [2.24, 2.45) is 11.0 Å². The first-order valence-corrected chi connectivity index (χ1v) is 19.8. The van der Waals surface area contributed by atoms with E-state index < -0.39 is 5.54 Å². The van der Waals surface area contributed by atoms with E-state index in [2.05, 4.69) is 140 Å². The minimum atomic E-state index is -0.849. The van der Waals surface area contributed by atoms with Crippen LogP contribution < -0.4 is 19.4 Å². The molecular formula is C48H53N5O2. The van der Waals surface area contributed by atoms with Crippen molar-refractivity contribution in [2.75, 3.05) is 48.9 Å². The van der Waals surface area contributed by atoms with Crippen molar-refractivity contribution in [3.8, 4) is 5.75 Å². The fourth-order valence-corrected chi connectivity index (χ4v) is 9.67. The van der Waals surface area contributed by atoms with E-state index in [0.717, 1.165) is 66.2 Å². The van der Waals surface area contributed by atoms with Crippen LogP contribution in [-0.4, -0.2) is 57.5 Å². The molecule has 3 unspecified atom stereocenters. The summed E-state index contributed by atoms with van der Waals surface area (Å²) in [5, 5.41) is 6.87. The van der Waals surface area contributed by atoms with Gasteiger partial charge in [-0.25, -0.2) is 5.01 Å². The SMILES string of the molecule is CCN(CC)c1ccc2c(c1)OC1/C(=C/C=C3/N(C)c4ccccc4C3(C)C)CCCC1C21c2ccccc2C(=O)N1/N=C\C=C\c1ccc(N(C)C)cc1. The predicted molar refractivity (Wildman–Crippen MR) is 227 cm³/mol. The standard InChI is InChI=1S/C48H53N5O2/c1-8-52(9-2)36-28-29-40-43(32-36)55-45-34(25-30-44-47(3,4)39-20-12-13-22-42(39)51(44)7)17-14-21-41(45)48(40)38-19-11-10-18-37(38)46(54)53(48)49-31-15-16-33-23-26-35(27-24-33)50(5)6/h10-13,15-16,18-20,22-32,41,45H,8-9,14,17,21H2,1-7H3/b16-15+,34-25+,44-30+,49-31-. The van der Waals surface area contributed by atoms with Gasteiger partial charge in [-0.15, -0.1) is 0 Å². The Kier molecular flexibility index (Phi) is 9.44. The number of likely N-dealkylation sites (N-methyl/N-ethyl adjacent to an activating group) is 1. The van der Waals surface area contributed by atoms with Crippen LogP contribution >= 0.6 is 0 Å². The Morgan fingerprint density at radius 3 is 2.31 bits per heavy atom. The third kappa shape index (κ3) is 5.87. The van der Waals surface area contributed by atoms with Crippen molar-refractivity contribution >= 4 is 35.3 Å². The number of nitrogens with zero attached hydrogens (tertiary/aromatic N) is 5. The highest BCUT2D eigenvalue weighted by Crippen LogP contribution is 2.60. The van der Waals surface area contributed by atoms with Gasteiger partial charge in [-0.2, -0.15) is 5.10 Å². The summed E-state index contributed by atoms with van der Waals surface area (Å²) >= 11 is 0. The van der Waals surface area contributed by atoms with E-state index in [1.54, 1.807) is 11.2 Å². The van der Waals surface area contributed by atoms with Crippen LogP contribution in [0.3, 0.4) is 0 Å². The molecule has 4 aromatic carbocycles. The third-order valence-electron chi connectivity index (χ3n) is 12.5. The molecule has 0 saturated heterocycles. The van der Waals surface area contributed by atoms with Gasteiger partial charge in [-0.05, 0) is 97.9 Å².